The van der Waals surface area contributed by atoms with Gasteiger partial charge in [0.05, 0.1) is 29.6 Å². The summed E-state index contributed by atoms with van der Waals surface area (Å²) in [5, 5.41) is 18.2. The number of hydrogen-bond acceptors (Lipinski definition) is 6. The van der Waals surface area contributed by atoms with Crippen LogP contribution in [0, 0.1) is 0 Å². The Morgan fingerprint density at radius 1 is 0.967 bits per heavy atom. The summed E-state index contributed by atoms with van der Waals surface area (Å²) in [6, 6.07) is 23.1. The Morgan fingerprint density at radius 2 is 1.57 bits per heavy atom. The van der Waals surface area contributed by atoms with Crippen LogP contribution < -0.4 is 9.19 Å². The molecule has 8 heteroatoms. The third-order valence-corrected chi connectivity index (χ3v) is 6.10. The molecule has 0 radical (unpaired) electrons. The third kappa shape index (κ3) is 4.84. The van der Waals surface area contributed by atoms with Crippen LogP contribution in [0.4, 0.5) is 11.4 Å². The summed E-state index contributed by atoms with van der Waals surface area (Å²) < 4.78 is 4.17. The van der Waals surface area contributed by atoms with Crippen LogP contribution in [-0.2, 0) is 0 Å². The largest absolute Gasteiger partial charge is 0.310 e. The average Bonchev–Trinajstić information content (AvgIpc) is 3.15. The standard InChI is InChI=1S/C22H20Cl2N4OS/c1-27-22(16-2-6-17(23)7-3-16)14-21(25-27)15-4-10-19(11-5-15)26-30-28(29)20-12-8-18(24)9-13-20/h2-13,22,26,29H,14H2,1H3. The van der Waals surface area contributed by atoms with Crippen molar-refractivity contribution in [2.45, 2.75) is 12.5 Å². The molecule has 4 rings (SSSR count). The van der Waals surface area contributed by atoms with Gasteiger partial charge in [0.25, 0.3) is 0 Å². The number of benzene rings is 3. The molecule has 0 fully saturated rings. The topological polar surface area (TPSA) is 51.1 Å². The van der Waals surface area contributed by atoms with Gasteiger partial charge >= 0.3 is 0 Å². The molecule has 0 saturated carbocycles. The lowest BCUT2D eigenvalue weighted by molar-refractivity contribution is 0.290. The van der Waals surface area contributed by atoms with Gasteiger partial charge in [-0.1, -0.05) is 47.5 Å². The maximum Gasteiger partial charge on any atom is 0.0952 e. The van der Waals surface area contributed by atoms with E-state index in [0.717, 1.165) is 45.0 Å². The first-order valence-corrected chi connectivity index (χ1v) is 10.9. The molecule has 0 amide bonds. The van der Waals surface area contributed by atoms with E-state index in [1.807, 2.05) is 60.6 Å². The molecule has 1 heterocycles. The van der Waals surface area contributed by atoms with Gasteiger partial charge < -0.3 is 4.72 Å². The van der Waals surface area contributed by atoms with E-state index in [1.165, 1.54) is 5.56 Å². The molecule has 0 aromatic heterocycles. The van der Waals surface area contributed by atoms with Crippen molar-refractivity contribution >= 4 is 52.4 Å². The molecular formula is C22H20Cl2N4OS. The molecule has 5 nitrogen and oxygen atoms in total. The van der Waals surface area contributed by atoms with E-state index in [2.05, 4.69) is 4.72 Å². The quantitative estimate of drug-likeness (QED) is 0.320. The lowest BCUT2D eigenvalue weighted by Crippen LogP contribution is -2.13. The number of anilines is 2. The molecule has 154 valence electrons. The zero-order valence-electron chi connectivity index (χ0n) is 16.2. The van der Waals surface area contributed by atoms with Crippen LogP contribution in [0.5, 0.6) is 0 Å². The predicted octanol–water partition coefficient (Wildman–Crippen LogP) is 6.65. The lowest BCUT2D eigenvalue weighted by atomic mass is 9.98. The Bertz CT molecular complexity index is 1030. The molecule has 3 aromatic rings. The fourth-order valence-electron chi connectivity index (χ4n) is 3.26. The summed E-state index contributed by atoms with van der Waals surface area (Å²) in [6.07, 6.45) is 0.834. The number of hydrazone groups is 1. The molecule has 0 saturated heterocycles. The molecule has 0 bridgehead atoms. The van der Waals surface area contributed by atoms with Crippen molar-refractivity contribution in [3.8, 4) is 0 Å². The molecule has 1 aliphatic heterocycles. The van der Waals surface area contributed by atoms with E-state index in [9.17, 15) is 5.21 Å². The number of nitrogens with zero attached hydrogens (tertiary/aromatic N) is 3. The first-order chi connectivity index (χ1) is 14.5. The highest BCUT2D eigenvalue weighted by Crippen LogP contribution is 2.32. The Hall–Kier alpha value is -2.38. The summed E-state index contributed by atoms with van der Waals surface area (Å²) in [6.45, 7) is 0. The maximum absolute atomic E-state index is 10.1. The van der Waals surface area contributed by atoms with Crippen molar-refractivity contribution in [2.75, 3.05) is 16.2 Å². The van der Waals surface area contributed by atoms with Gasteiger partial charge in [0.1, 0.15) is 0 Å². The Kier molecular flexibility index (Phi) is 6.39. The van der Waals surface area contributed by atoms with Crippen LogP contribution in [0.15, 0.2) is 77.9 Å². The molecule has 1 unspecified atom stereocenters. The van der Waals surface area contributed by atoms with E-state index < -0.39 is 0 Å². The van der Waals surface area contributed by atoms with Gasteiger partial charge in [-0.3, -0.25) is 10.2 Å². The Balaban J connectivity index is 1.37. The normalized spacial score (nSPS) is 15.8. The minimum Gasteiger partial charge on any atom is -0.310 e. The van der Waals surface area contributed by atoms with Gasteiger partial charge in [-0.2, -0.15) is 9.57 Å². The van der Waals surface area contributed by atoms with Crippen molar-refractivity contribution in [1.82, 2.24) is 5.01 Å². The molecule has 0 spiro atoms. The highest BCUT2D eigenvalue weighted by Gasteiger charge is 2.26. The summed E-state index contributed by atoms with van der Waals surface area (Å²) in [5.41, 5.74) is 4.82. The van der Waals surface area contributed by atoms with E-state index in [0.29, 0.717) is 10.7 Å². The van der Waals surface area contributed by atoms with Gasteiger partial charge in [-0.15, -0.1) is 0 Å². The van der Waals surface area contributed by atoms with Crippen LogP contribution >= 0.6 is 35.3 Å². The number of nitrogens with one attached hydrogen (secondary N) is 1. The lowest BCUT2D eigenvalue weighted by Gasteiger charge is -2.18. The zero-order valence-corrected chi connectivity index (χ0v) is 18.5. The molecule has 2 N–H and O–H groups in total. The Labute approximate surface area is 190 Å². The number of halogens is 2. The monoisotopic (exact) mass is 458 g/mol. The summed E-state index contributed by atoms with van der Waals surface area (Å²) in [7, 11) is 1.99. The average molecular weight is 459 g/mol. The van der Waals surface area contributed by atoms with E-state index >= 15 is 0 Å². The molecule has 1 atom stereocenters. The summed E-state index contributed by atoms with van der Waals surface area (Å²) in [5.74, 6) is 0. The zero-order chi connectivity index (χ0) is 21.1. The Morgan fingerprint density at radius 3 is 2.20 bits per heavy atom. The van der Waals surface area contributed by atoms with Gasteiger partial charge in [-0.25, -0.2) is 0 Å². The van der Waals surface area contributed by atoms with Crippen molar-refractivity contribution in [2.24, 2.45) is 5.10 Å². The summed E-state index contributed by atoms with van der Waals surface area (Å²) in [4.78, 5) is 0. The molecule has 30 heavy (non-hydrogen) atoms. The molecule has 3 aromatic carbocycles. The minimum atomic E-state index is 0.202. The second kappa shape index (κ2) is 9.18. The summed E-state index contributed by atoms with van der Waals surface area (Å²) >= 11 is 13.0. The van der Waals surface area contributed by atoms with Gasteiger partial charge in [0, 0.05) is 29.2 Å². The van der Waals surface area contributed by atoms with Crippen molar-refractivity contribution in [3.63, 3.8) is 0 Å². The van der Waals surface area contributed by atoms with Crippen LogP contribution in [0.3, 0.4) is 0 Å². The fraction of sp³-hybridized carbons (Fsp3) is 0.136. The predicted molar refractivity (Wildman–Crippen MR) is 126 cm³/mol. The SMILES string of the molecule is CN1N=C(c2ccc(NSN(O)c3ccc(Cl)cc3)cc2)CC1c1ccc(Cl)cc1. The highest BCUT2D eigenvalue weighted by atomic mass is 35.5. The van der Waals surface area contributed by atoms with Crippen LogP contribution in [0.2, 0.25) is 10.0 Å². The second-order valence-corrected chi connectivity index (χ2v) is 8.52. The third-order valence-electron chi connectivity index (χ3n) is 4.89. The van der Waals surface area contributed by atoms with Crippen molar-refractivity contribution < 1.29 is 5.21 Å². The van der Waals surface area contributed by atoms with Crippen molar-refractivity contribution in [3.05, 3.63) is 94.0 Å². The maximum atomic E-state index is 10.1. The second-order valence-electron chi connectivity index (χ2n) is 6.91. The minimum absolute atomic E-state index is 0.202. The molecular weight excluding hydrogens is 439 g/mol. The van der Waals surface area contributed by atoms with Gasteiger partial charge in [0.15, 0.2) is 0 Å². The first-order valence-electron chi connectivity index (χ1n) is 9.33. The van der Waals surface area contributed by atoms with Gasteiger partial charge in [-0.05, 0) is 59.7 Å². The van der Waals surface area contributed by atoms with Crippen LogP contribution in [-0.4, -0.2) is 23.0 Å². The van der Waals surface area contributed by atoms with E-state index in [1.54, 1.807) is 24.3 Å². The molecule has 0 aliphatic carbocycles. The number of hydrogen-bond donors (Lipinski definition) is 2. The van der Waals surface area contributed by atoms with Gasteiger partial charge in [0.2, 0.25) is 0 Å². The first kappa shape index (κ1) is 20.9. The van der Waals surface area contributed by atoms with E-state index in [-0.39, 0.29) is 6.04 Å². The number of rotatable bonds is 6. The highest BCUT2D eigenvalue weighted by molar-refractivity contribution is 8.01. The smallest absolute Gasteiger partial charge is 0.0952 e. The van der Waals surface area contributed by atoms with Crippen LogP contribution in [0.25, 0.3) is 0 Å². The fourth-order valence-corrected chi connectivity index (χ4v) is 4.07. The van der Waals surface area contributed by atoms with Crippen LogP contribution in [0.1, 0.15) is 23.6 Å². The molecule has 1 aliphatic rings. The van der Waals surface area contributed by atoms with Crippen molar-refractivity contribution in [1.29, 1.82) is 0 Å². The van der Waals surface area contributed by atoms with E-state index in [4.69, 9.17) is 28.3 Å².